The minimum atomic E-state index is -3.69. The van der Waals surface area contributed by atoms with Gasteiger partial charge in [-0.05, 0) is 86.8 Å². The van der Waals surface area contributed by atoms with Crippen LogP contribution in [0.3, 0.4) is 0 Å². The molecule has 0 saturated carbocycles. The largest absolute Gasteiger partial charge is 0.322 e. The average Bonchev–Trinajstić information content (AvgIpc) is 3.06. The molecule has 0 aliphatic carbocycles. The number of halogens is 1. The molecule has 1 heterocycles. The van der Waals surface area contributed by atoms with Crippen molar-refractivity contribution in [1.29, 1.82) is 0 Å². The second kappa shape index (κ2) is 8.02. The lowest BCUT2D eigenvalue weighted by atomic mass is 10.1. The molecule has 1 amide bonds. The number of nitrogens with one attached hydrogen (secondary N) is 1. The molecule has 0 fully saturated rings. The summed E-state index contributed by atoms with van der Waals surface area (Å²) in [4.78, 5) is 13.1. The normalized spacial score (nSPS) is 15.6. The molecule has 1 N–H and O–H groups in total. The van der Waals surface area contributed by atoms with Gasteiger partial charge in [0, 0.05) is 22.3 Å². The van der Waals surface area contributed by atoms with Crippen LogP contribution in [0, 0.1) is 13.8 Å². The van der Waals surface area contributed by atoms with E-state index in [1.54, 1.807) is 60.7 Å². The van der Waals surface area contributed by atoms with Gasteiger partial charge in [-0.15, -0.1) is 0 Å². The number of aryl methyl sites for hydroxylation is 2. The van der Waals surface area contributed by atoms with E-state index >= 15 is 0 Å². The fraction of sp³-hybridized carbons (Fsp3) is 0.208. The highest BCUT2D eigenvalue weighted by Crippen LogP contribution is 2.37. The number of sulfonamides is 1. The van der Waals surface area contributed by atoms with Gasteiger partial charge >= 0.3 is 0 Å². The summed E-state index contributed by atoms with van der Waals surface area (Å²) in [5, 5.41) is 3.51. The summed E-state index contributed by atoms with van der Waals surface area (Å²) in [7, 11) is -3.69. The smallest absolute Gasteiger partial charge is 0.264 e. The minimum absolute atomic E-state index is 0.238. The standard InChI is InChI=1S/C24H23ClN2O3S/c1-15-4-8-21(9-5-15)31(29,30)27-17(3)13-19-14-18(6-11-23(19)27)24(28)26-22-10-7-20(25)12-16(22)2/h4-12,14,17H,13H2,1-3H3,(H,26,28)/t17-/m0/s1. The Balaban J connectivity index is 1.63. The summed E-state index contributed by atoms with van der Waals surface area (Å²) in [5.41, 5.74) is 4.49. The van der Waals surface area contributed by atoms with Gasteiger partial charge in [0.05, 0.1) is 10.6 Å². The van der Waals surface area contributed by atoms with E-state index in [2.05, 4.69) is 5.32 Å². The number of hydrogen-bond acceptors (Lipinski definition) is 3. The fourth-order valence-electron chi connectivity index (χ4n) is 3.90. The zero-order valence-electron chi connectivity index (χ0n) is 17.5. The summed E-state index contributed by atoms with van der Waals surface area (Å²) in [6.45, 7) is 5.67. The van der Waals surface area contributed by atoms with Crippen LogP contribution in [0.15, 0.2) is 65.6 Å². The molecule has 4 rings (SSSR count). The maximum atomic E-state index is 13.3. The van der Waals surface area contributed by atoms with Crippen LogP contribution in [0.5, 0.6) is 0 Å². The molecule has 0 unspecified atom stereocenters. The van der Waals surface area contributed by atoms with Gasteiger partial charge in [0.1, 0.15) is 0 Å². The number of fused-ring (bicyclic) bond motifs is 1. The van der Waals surface area contributed by atoms with E-state index in [0.717, 1.165) is 16.7 Å². The monoisotopic (exact) mass is 454 g/mol. The van der Waals surface area contributed by atoms with E-state index in [-0.39, 0.29) is 16.8 Å². The molecule has 1 aliphatic rings. The van der Waals surface area contributed by atoms with Crippen molar-refractivity contribution in [2.75, 3.05) is 9.62 Å². The Morgan fingerprint density at radius 3 is 2.42 bits per heavy atom. The second-order valence-corrected chi connectivity index (χ2v) is 10.2. The van der Waals surface area contributed by atoms with Crippen molar-refractivity contribution >= 4 is 38.9 Å². The molecule has 160 valence electrons. The lowest BCUT2D eigenvalue weighted by Crippen LogP contribution is -2.35. The third-order valence-corrected chi connectivity index (χ3v) is 7.69. The molecular weight excluding hydrogens is 432 g/mol. The van der Waals surface area contributed by atoms with E-state index in [9.17, 15) is 13.2 Å². The Morgan fingerprint density at radius 2 is 1.74 bits per heavy atom. The maximum absolute atomic E-state index is 13.3. The van der Waals surface area contributed by atoms with Crippen LogP contribution in [-0.4, -0.2) is 20.4 Å². The molecule has 1 aliphatic heterocycles. The predicted octanol–water partition coefficient (Wildman–Crippen LogP) is 5.35. The van der Waals surface area contributed by atoms with Gasteiger partial charge in [-0.25, -0.2) is 8.42 Å². The van der Waals surface area contributed by atoms with Crippen molar-refractivity contribution in [1.82, 2.24) is 0 Å². The Bertz CT molecular complexity index is 1270. The number of nitrogens with zero attached hydrogens (tertiary/aromatic N) is 1. The van der Waals surface area contributed by atoms with Crippen LogP contribution in [-0.2, 0) is 16.4 Å². The molecule has 0 radical (unpaired) electrons. The van der Waals surface area contributed by atoms with Crippen molar-refractivity contribution in [2.45, 2.75) is 38.1 Å². The SMILES string of the molecule is Cc1ccc(S(=O)(=O)N2c3ccc(C(=O)Nc4ccc(Cl)cc4C)cc3C[C@@H]2C)cc1. The van der Waals surface area contributed by atoms with Crippen LogP contribution < -0.4 is 9.62 Å². The third kappa shape index (κ3) is 4.05. The van der Waals surface area contributed by atoms with Crippen LogP contribution >= 0.6 is 11.6 Å². The minimum Gasteiger partial charge on any atom is -0.322 e. The van der Waals surface area contributed by atoms with Crippen LogP contribution in [0.2, 0.25) is 5.02 Å². The highest BCUT2D eigenvalue weighted by atomic mass is 35.5. The summed E-state index contributed by atoms with van der Waals surface area (Å²) in [5.74, 6) is -0.249. The number of anilines is 2. The van der Waals surface area contributed by atoms with E-state index < -0.39 is 10.0 Å². The van der Waals surface area contributed by atoms with E-state index in [1.807, 2.05) is 20.8 Å². The predicted molar refractivity (Wildman–Crippen MR) is 125 cm³/mol. The summed E-state index contributed by atoms with van der Waals surface area (Å²) >= 11 is 5.98. The van der Waals surface area contributed by atoms with Crippen molar-refractivity contribution in [3.63, 3.8) is 0 Å². The number of amides is 1. The van der Waals surface area contributed by atoms with E-state index in [0.29, 0.717) is 28.4 Å². The van der Waals surface area contributed by atoms with Gasteiger partial charge in [-0.1, -0.05) is 29.3 Å². The molecular formula is C24H23ClN2O3S. The molecule has 1 atom stereocenters. The zero-order chi connectivity index (χ0) is 22.3. The van der Waals surface area contributed by atoms with Crippen molar-refractivity contribution in [3.8, 4) is 0 Å². The van der Waals surface area contributed by atoms with Gasteiger partial charge in [-0.2, -0.15) is 0 Å². The quantitative estimate of drug-likeness (QED) is 0.577. The first kappa shape index (κ1) is 21.4. The highest BCUT2D eigenvalue weighted by Gasteiger charge is 2.36. The number of hydrogen-bond donors (Lipinski definition) is 1. The Hall–Kier alpha value is -2.83. The Morgan fingerprint density at radius 1 is 1.03 bits per heavy atom. The zero-order valence-corrected chi connectivity index (χ0v) is 19.1. The molecule has 0 aromatic heterocycles. The summed E-state index contributed by atoms with van der Waals surface area (Å²) in [6.07, 6.45) is 0.543. The van der Waals surface area contributed by atoms with Crippen LogP contribution in [0.25, 0.3) is 0 Å². The van der Waals surface area contributed by atoms with Crippen LogP contribution in [0.4, 0.5) is 11.4 Å². The summed E-state index contributed by atoms with van der Waals surface area (Å²) in [6, 6.07) is 17.0. The first-order valence-electron chi connectivity index (χ1n) is 9.98. The molecule has 0 spiro atoms. The third-order valence-electron chi connectivity index (χ3n) is 5.51. The number of carbonyl (C=O) groups is 1. The van der Waals surface area contributed by atoms with Gasteiger partial charge < -0.3 is 5.32 Å². The molecule has 3 aromatic rings. The molecule has 31 heavy (non-hydrogen) atoms. The second-order valence-electron chi connectivity index (χ2n) is 7.92. The highest BCUT2D eigenvalue weighted by molar-refractivity contribution is 7.92. The maximum Gasteiger partial charge on any atom is 0.264 e. The van der Waals surface area contributed by atoms with Gasteiger partial charge in [-0.3, -0.25) is 9.10 Å². The van der Waals surface area contributed by atoms with Gasteiger partial charge in [0.25, 0.3) is 15.9 Å². The lowest BCUT2D eigenvalue weighted by molar-refractivity contribution is 0.102. The molecule has 3 aromatic carbocycles. The van der Waals surface area contributed by atoms with Crippen LogP contribution in [0.1, 0.15) is 34.0 Å². The lowest BCUT2D eigenvalue weighted by Gasteiger charge is -2.24. The topological polar surface area (TPSA) is 66.5 Å². The molecule has 0 bridgehead atoms. The van der Waals surface area contributed by atoms with Crippen molar-refractivity contribution in [3.05, 3.63) is 87.9 Å². The first-order chi connectivity index (χ1) is 14.7. The Kier molecular flexibility index (Phi) is 5.54. The van der Waals surface area contributed by atoms with E-state index in [1.165, 1.54) is 4.31 Å². The first-order valence-corrected chi connectivity index (χ1v) is 11.8. The van der Waals surface area contributed by atoms with Gasteiger partial charge in [0.2, 0.25) is 0 Å². The Labute approximate surface area is 187 Å². The summed E-state index contributed by atoms with van der Waals surface area (Å²) < 4.78 is 28.0. The number of benzene rings is 3. The van der Waals surface area contributed by atoms with E-state index in [4.69, 9.17) is 11.6 Å². The average molecular weight is 455 g/mol. The molecule has 7 heteroatoms. The van der Waals surface area contributed by atoms with Crippen molar-refractivity contribution < 1.29 is 13.2 Å². The fourth-order valence-corrected chi connectivity index (χ4v) is 5.82. The number of carbonyl (C=O) groups excluding carboxylic acids is 1. The van der Waals surface area contributed by atoms with Gasteiger partial charge in [0.15, 0.2) is 0 Å². The molecule has 0 saturated heterocycles. The van der Waals surface area contributed by atoms with Crippen molar-refractivity contribution in [2.24, 2.45) is 0 Å². The molecule has 5 nitrogen and oxygen atoms in total. The number of rotatable bonds is 4.